The van der Waals surface area contributed by atoms with E-state index in [1.165, 1.54) is 0 Å². The summed E-state index contributed by atoms with van der Waals surface area (Å²) in [5.74, 6) is 0. The molecule has 0 radical (unpaired) electrons. The van der Waals surface area contributed by atoms with Crippen LogP contribution in [0.4, 0.5) is 0 Å². The van der Waals surface area contributed by atoms with Crippen molar-refractivity contribution in [2.75, 3.05) is 26.4 Å². The maximum absolute atomic E-state index is 9.14. The lowest BCUT2D eigenvalue weighted by Gasteiger charge is -2.37. The monoisotopic (exact) mass is 201 g/mol. The van der Waals surface area contributed by atoms with Crippen LogP contribution in [0.5, 0.6) is 0 Å². The van der Waals surface area contributed by atoms with E-state index in [4.69, 9.17) is 9.84 Å². The minimum absolute atomic E-state index is 0.0412. The van der Waals surface area contributed by atoms with Crippen LogP contribution in [0.2, 0.25) is 0 Å². The number of hydrogen-bond acceptors (Lipinski definition) is 3. The average molecular weight is 201 g/mol. The smallest absolute Gasteiger partial charge is 0.0645 e. The Morgan fingerprint density at radius 2 is 2.21 bits per heavy atom. The van der Waals surface area contributed by atoms with Crippen molar-refractivity contribution in [2.45, 2.75) is 39.2 Å². The summed E-state index contributed by atoms with van der Waals surface area (Å²) in [5.41, 5.74) is 0.0607. The molecule has 1 aliphatic rings. The van der Waals surface area contributed by atoms with Gasteiger partial charge in [0, 0.05) is 30.7 Å². The van der Waals surface area contributed by atoms with Gasteiger partial charge in [-0.3, -0.25) is 0 Å². The van der Waals surface area contributed by atoms with Gasteiger partial charge in [-0.15, -0.1) is 0 Å². The highest BCUT2D eigenvalue weighted by Crippen LogP contribution is 2.20. The molecule has 0 bridgehead atoms. The van der Waals surface area contributed by atoms with Crippen LogP contribution in [0.25, 0.3) is 0 Å². The molecule has 0 saturated carbocycles. The Kier molecular flexibility index (Phi) is 3.93. The van der Waals surface area contributed by atoms with Crippen molar-refractivity contribution in [3.8, 4) is 0 Å². The highest BCUT2D eigenvalue weighted by atomic mass is 16.5. The standard InChI is InChI=1S/C11H23NO2/c1-10(2,8-13)7-12-11(3)5-4-6-14-9-11/h12-13H,4-9H2,1-3H3. The number of nitrogens with one attached hydrogen (secondary N) is 1. The van der Waals surface area contributed by atoms with Crippen molar-refractivity contribution < 1.29 is 9.84 Å². The van der Waals surface area contributed by atoms with Crippen LogP contribution < -0.4 is 5.32 Å². The second-order valence-electron chi connectivity index (χ2n) is 5.39. The number of aliphatic hydroxyl groups is 1. The van der Waals surface area contributed by atoms with Gasteiger partial charge in [-0.1, -0.05) is 13.8 Å². The van der Waals surface area contributed by atoms with Gasteiger partial charge in [-0.2, -0.15) is 0 Å². The Balaban J connectivity index is 2.35. The molecule has 1 fully saturated rings. The Bertz CT molecular complexity index is 174. The zero-order chi connectivity index (χ0) is 10.7. The van der Waals surface area contributed by atoms with E-state index in [-0.39, 0.29) is 17.6 Å². The molecule has 3 nitrogen and oxygen atoms in total. The van der Waals surface area contributed by atoms with Crippen LogP contribution in [0.15, 0.2) is 0 Å². The summed E-state index contributed by atoms with van der Waals surface area (Å²) in [6.45, 7) is 9.05. The molecule has 0 aromatic heterocycles. The fourth-order valence-electron chi connectivity index (χ4n) is 1.58. The summed E-state index contributed by atoms with van der Waals surface area (Å²) in [5, 5.41) is 12.6. The summed E-state index contributed by atoms with van der Waals surface area (Å²) >= 11 is 0. The maximum atomic E-state index is 9.14. The molecule has 0 aromatic rings. The van der Waals surface area contributed by atoms with E-state index >= 15 is 0 Å². The van der Waals surface area contributed by atoms with E-state index in [2.05, 4.69) is 26.1 Å². The summed E-state index contributed by atoms with van der Waals surface area (Å²) in [4.78, 5) is 0. The van der Waals surface area contributed by atoms with Crippen molar-refractivity contribution in [1.29, 1.82) is 0 Å². The van der Waals surface area contributed by atoms with Crippen molar-refractivity contribution in [1.82, 2.24) is 5.32 Å². The van der Waals surface area contributed by atoms with Gasteiger partial charge >= 0.3 is 0 Å². The van der Waals surface area contributed by atoms with Crippen molar-refractivity contribution in [2.24, 2.45) is 5.41 Å². The van der Waals surface area contributed by atoms with E-state index in [1.807, 2.05) is 0 Å². The largest absolute Gasteiger partial charge is 0.396 e. The van der Waals surface area contributed by atoms with Crippen LogP contribution in [0.3, 0.4) is 0 Å². The second-order valence-corrected chi connectivity index (χ2v) is 5.39. The minimum Gasteiger partial charge on any atom is -0.396 e. The van der Waals surface area contributed by atoms with Crippen molar-refractivity contribution in [3.05, 3.63) is 0 Å². The molecule has 1 heterocycles. The molecule has 1 atom stereocenters. The van der Waals surface area contributed by atoms with Gasteiger partial charge in [0.1, 0.15) is 0 Å². The van der Waals surface area contributed by atoms with Gasteiger partial charge in [-0.25, -0.2) is 0 Å². The fraction of sp³-hybridized carbons (Fsp3) is 1.00. The van der Waals surface area contributed by atoms with Crippen LogP contribution >= 0.6 is 0 Å². The molecule has 0 aliphatic carbocycles. The van der Waals surface area contributed by atoms with Crippen LogP contribution in [0, 0.1) is 5.41 Å². The Labute approximate surface area is 86.8 Å². The summed E-state index contributed by atoms with van der Waals surface area (Å²) < 4.78 is 5.46. The Morgan fingerprint density at radius 1 is 1.50 bits per heavy atom. The summed E-state index contributed by atoms with van der Waals surface area (Å²) in [6.07, 6.45) is 2.29. The van der Waals surface area contributed by atoms with E-state index in [0.29, 0.717) is 0 Å². The zero-order valence-electron chi connectivity index (χ0n) is 9.60. The maximum Gasteiger partial charge on any atom is 0.0645 e. The Morgan fingerprint density at radius 3 is 2.71 bits per heavy atom. The molecular weight excluding hydrogens is 178 g/mol. The van der Waals surface area contributed by atoms with E-state index in [9.17, 15) is 0 Å². The number of rotatable bonds is 4. The molecule has 0 amide bonds. The molecule has 1 rings (SSSR count). The lowest BCUT2D eigenvalue weighted by atomic mass is 9.90. The first-order valence-electron chi connectivity index (χ1n) is 5.41. The molecule has 1 unspecified atom stereocenters. The lowest BCUT2D eigenvalue weighted by Crippen LogP contribution is -2.52. The quantitative estimate of drug-likeness (QED) is 0.717. The van der Waals surface area contributed by atoms with Gasteiger partial charge < -0.3 is 15.2 Å². The van der Waals surface area contributed by atoms with Crippen molar-refractivity contribution in [3.63, 3.8) is 0 Å². The highest BCUT2D eigenvalue weighted by molar-refractivity contribution is 4.87. The topological polar surface area (TPSA) is 41.5 Å². The third kappa shape index (κ3) is 3.56. The second kappa shape index (κ2) is 4.60. The van der Waals surface area contributed by atoms with Gasteiger partial charge in [0.2, 0.25) is 0 Å². The predicted octanol–water partition coefficient (Wildman–Crippen LogP) is 1.16. The van der Waals surface area contributed by atoms with Crippen molar-refractivity contribution >= 4 is 0 Å². The van der Waals surface area contributed by atoms with E-state index in [1.54, 1.807) is 0 Å². The first kappa shape index (κ1) is 12.0. The first-order chi connectivity index (χ1) is 6.47. The van der Waals surface area contributed by atoms with E-state index in [0.717, 1.165) is 32.6 Å². The third-order valence-corrected chi connectivity index (χ3v) is 2.86. The molecule has 1 saturated heterocycles. The number of hydrogen-bond donors (Lipinski definition) is 2. The first-order valence-corrected chi connectivity index (χ1v) is 5.41. The molecule has 3 heteroatoms. The van der Waals surface area contributed by atoms with Gasteiger partial charge in [0.15, 0.2) is 0 Å². The van der Waals surface area contributed by atoms with Gasteiger partial charge in [0.25, 0.3) is 0 Å². The fourth-order valence-corrected chi connectivity index (χ4v) is 1.58. The number of ether oxygens (including phenoxy) is 1. The van der Waals surface area contributed by atoms with E-state index < -0.39 is 0 Å². The number of aliphatic hydroxyl groups excluding tert-OH is 1. The highest BCUT2D eigenvalue weighted by Gasteiger charge is 2.29. The molecule has 2 N–H and O–H groups in total. The summed E-state index contributed by atoms with van der Waals surface area (Å²) in [7, 11) is 0. The summed E-state index contributed by atoms with van der Waals surface area (Å²) in [6, 6.07) is 0. The third-order valence-electron chi connectivity index (χ3n) is 2.86. The zero-order valence-corrected chi connectivity index (χ0v) is 9.60. The molecule has 14 heavy (non-hydrogen) atoms. The lowest BCUT2D eigenvalue weighted by molar-refractivity contribution is 0.0210. The Hall–Kier alpha value is -0.120. The molecule has 1 aliphatic heterocycles. The normalized spacial score (nSPS) is 29.1. The van der Waals surface area contributed by atoms with Gasteiger partial charge in [0.05, 0.1) is 6.61 Å². The molecule has 0 aromatic carbocycles. The van der Waals surface area contributed by atoms with Crippen LogP contribution in [-0.2, 0) is 4.74 Å². The van der Waals surface area contributed by atoms with Crippen LogP contribution in [-0.4, -0.2) is 37.0 Å². The molecule has 84 valence electrons. The minimum atomic E-state index is -0.0412. The SMILES string of the molecule is CC(C)(CO)CNC1(C)CCCOC1. The predicted molar refractivity (Wildman–Crippen MR) is 57.3 cm³/mol. The van der Waals surface area contributed by atoms with Gasteiger partial charge in [-0.05, 0) is 19.8 Å². The molecule has 0 spiro atoms. The van der Waals surface area contributed by atoms with Crippen LogP contribution in [0.1, 0.15) is 33.6 Å². The average Bonchev–Trinajstić information content (AvgIpc) is 2.17. The molecular formula is C11H23NO2.